The van der Waals surface area contributed by atoms with Crippen LogP contribution >= 0.6 is 0 Å². The lowest BCUT2D eigenvalue weighted by Gasteiger charge is -2.09. The van der Waals surface area contributed by atoms with Crippen LogP contribution in [0.25, 0.3) is 0 Å². The normalized spacial score (nSPS) is 11.1. The number of hydrogen-bond acceptors (Lipinski definition) is 4. The van der Waals surface area contributed by atoms with Crippen molar-refractivity contribution >= 4 is 17.5 Å². The largest absolute Gasteiger partial charge is 0.416 e. The highest BCUT2D eigenvalue weighted by Gasteiger charge is 2.30. The molecule has 2 aromatic carbocycles. The number of anilines is 2. The Kier molecular flexibility index (Phi) is 5.35. The van der Waals surface area contributed by atoms with Crippen molar-refractivity contribution in [3.05, 3.63) is 83.7 Å². The van der Waals surface area contributed by atoms with Crippen molar-refractivity contribution < 1.29 is 18.0 Å². The number of benzene rings is 2. The summed E-state index contributed by atoms with van der Waals surface area (Å²) in [5.41, 5.74) is 0.724. The summed E-state index contributed by atoms with van der Waals surface area (Å²) in [5.74, 6) is -0.144. The second-order valence-corrected chi connectivity index (χ2v) is 5.66. The molecule has 0 saturated heterocycles. The molecule has 1 aromatic heterocycles. The van der Waals surface area contributed by atoms with Crippen molar-refractivity contribution in [1.29, 1.82) is 0 Å². The van der Waals surface area contributed by atoms with Crippen LogP contribution in [-0.2, 0) is 12.7 Å². The number of nitrogens with one attached hydrogen (secondary N) is 2. The average molecular weight is 372 g/mol. The Morgan fingerprint density at radius 3 is 2.15 bits per heavy atom. The Morgan fingerprint density at radius 2 is 1.56 bits per heavy atom. The van der Waals surface area contributed by atoms with Gasteiger partial charge in [-0.1, -0.05) is 30.3 Å². The molecule has 0 aliphatic rings. The summed E-state index contributed by atoms with van der Waals surface area (Å²) in [6.07, 6.45) is -1.72. The van der Waals surface area contributed by atoms with Gasteiger partial charge in [0.1, 0.15) is 0 Å². The van der Waals surface area contributed by atoms with Gasteiger partial charge in [-0.05, 0) is 29.8 Å². The molecular weight excluding hydrogens is 357 g/mol. The van der Waals surface area contributed by atoms with Gasteiger partial charge in [0.25, 0.3) is 5.91 Å². The van der Waals surface area contributed by atoms with Crippen LogP contribution in [0.2, 0.25) is 0 Å². The molecule has 0 saturated carbocycles. The molecule has 0 aliphatic carbocycles. The molecule has 3 aromatic rings. The van der Waals surface area contributed by atoms with Crippen molar-refractivity contribution in [1.82, 2.24) is 9.97 Å². The third-order valence-electron chi connectivity index (χ3n) is 3.68. The van der Waals surface area contributed by atoms with Gasteiger partial charge >= 0.3 is 6.18 Å². The van der Waals surface area contributed by atoms with E-state index >= 15 is 0 Å². The van der Waals surface area contributed by atoms with Gasteiger partial charge in [-0.2, -0.15) is 13.2 Å². The molecule has 0 spiro atoms. The van der Waals surface area contributed by atoms with Gasteiger partial charge in [-0.15, -0.1) is 0 Å². The summed E-state index contributed by atoms with van der Waals surface area (Å²) in [5, 5.41) is 5.54. The number of nitrogens with zero attached hydrogens (tertiary/aromatic N) is 2. The van der Waals surface area contributed by atoms with Gasteiger partial charge in [-0.3, -0.25) is 4.79 Å². The first-order chi connectivity index (χ1) is 12.9. The third-order valence-corrected chi connectivity index (χ3v) is 3.68. The zero-order valence-electron chi connectivity index (χ0n) is 14.0. The smallest absolute Gasteiger partial charge is 0.350 e. The summed E-state index contributed by atoms with van der Waals surface area (Å²) in [4.78, 5) is 20.3. The fraction of sp³-hybridized carbons (Fsp3) is 0.105. The van der Waals surface area contributed by atoms with Crippen LogP contribution in [0.4, 0.5) is 24.8 Å². The van der Waals surface area contributed by atoms with Crippen molar-refractivity contribution in [3.8, 4) is 0 Å². The van der Waals surface area contributed by atoms with Crippen molar-refractivity contribution in [2.75, 3.05) is 10.6 Å². The van der Waals surface area contributed by atoms with E-state index in [2.05, 4.69) is 20.6 Å². The van der Waals surface area contributed by atoms with E-state index in [-0.39, 0.29) is 11.3 Å². The second-order valence-electron chi connectivity index (χ2n) is 5.66. The van der Waals surface area contributed by atoms with Crippen LogP contribution in [0.5, 0.6) is 0 Å². The molecule has 1 amide bonds. The molecule has 0 bridgehead atoms. The summed E-state index contributed by atoms with van der Waals surface area (Å²) in [7, 11) is 0. The minimum absolute atomic E-state index is 0.195. The highest BCUT2D eigenvalue weighted by Crippen LogP contribution is 2.29. The maximum absolute atomic E-state index is 12.5. The lowest BCUT2D eigenvalue weighted by atomic mass is 10.2. The lowest BCUT2D eigenvalue weighted by molar-refractivity contribution is -0.137. The topological polar surface area (TPSA) is 66.9 Å². The fourth-order valence-electron chi connectivity index (χ4n) is 2.26. The first-order valence-corrected chi connectivity index (χ1v) is 8.00. The molecule has 0 atom stereocenters. The number of aromatic nitrogens is 2. The fourth-order valence-corrected chi connectivity index (χ4v) is 2.26. The molecule has 8 heteroatoms. The van der Waals surface area contributed by atoms with Crippen LogP contribution in [0.3, 0.4) is 0 Å². The third kappa shape index (κ3) is 5.04. The van der Waals surface area contributed by atoms with Gasteiger partial charge < -0.3 is 10.6 Å². The highest BCUT2D eigenvalue weighted by molar-refractivity contribution is 6.03. The van der Waals surface area contributed by atoms with E-state index in [4.69, 9.17) is 0 Å². The molecule has 0 radical (unpaired) electrons. The second kappa shape index (κ2) is 7.86. The summed E-state index contributed by atoms with van der Waals surface area (Å²) < 4.78 is 37.6. The number of rotatable bonds is 5. The molecule has 2 N–H and O–H groups in total. The predicted molar refractivity (Wildman–Crippen MR) is 95.2 cm³/mol. The van der Waals surface area contributed by atoms with E-state index in [1.54, 1.807) is 0 Å². The van der Waals surface area contributed by atoms with Gasteiger partial charge in [0.05, 0.1) is 11.1 Å². The van der Waals surface area contributed by atoms with Crippen molar-refractivity contribution in [2.45, 2.75) is 12.7 Å². The molecule has 138 valence electrons. The van der Waals surface area contributed by atoms with E-state index in [0.717, 1.165) is 17.7 Å². The maximum Gasteiger partial charge on any atom is 0.416 e. The maximum atomic E-state index is 12.5. The van der Waals surface area contributed by atoms with Crippen molar-refractivity contribution in [3.63, 3.8) is 0 Å². The molecule has 3 rings (SSSR count). The number of alkyl halides is 3. The SMILES string of the molecule is O=C(Nc1ccc(C(F)(F)F)cc1)c1cnc(NCc2ccccc2)nc1. The van der Waals surface area contributed by atoms with E-state index in [9.17, 15) is 18.0 Å². The summed E-state index contributed by atoms with van der Waals surface area (Å²) >= 11 is 0. The number of amides is 1. The first-order valence-electron chi connectivity index (χ1n) is 8.00. The number of carbonyl (C=O) groups excluding carboxylic acids is 1. The molecule has 0 unspecified atom stereocenters. The van der Waals surface area contributed by atoms with Crippen LogP contribution in [-0.4, -0.2) is 15.9 Å². The molecule has 0 aliphatic heterocycles. The monoisotopic (exact) mass is 372 g/mol. The zero-order valence-corrected chi connectivity index (χ0v) is 14.0. The zero-order chi connectivity index (χ0) is 19.3. The number of hydrogen-bond donors (Lipinski definition) is 2. The minimum atomic E-state index is -4.42. The van der Waals surface area contributed by atoms with Gasteiger partial charge in [0.2, 0.25) is 5.95 Å². The predicted octanol–water partition coefficient (Wildman–Crippen LogP) is 4.36. The Morgan fingerprint density at radius 1 is 0.926 bits per heavy atom. The highest BCUT2D eigenvalue weighted by atomic mass is 19.4. The lowest BCUT2D eigenvalue weighted by Crippen LogP contribution is -2.14. The van der Waals surface area contributed by atoms with Gasteiger partial charge in [0.15, 0.2) is 0 Å². The summed E-state index contributed by atoms with van der Waals surface area (Å²) in [6, 6.07) is 13.9. The van der Waals surface area contributed by atoms with E-state index in [1.165, 1.54) is 24.5 Å². The van der Waals surface area contributed by atoms with E-state index in [1.807, 2.05) is 30.3 Å². The van der Waals surface area contributed by atoms with Crippen LogP contribution in [0.15, 0.2) is 67.0 Å². The van der Waals surface area contributed by atoms with Crippen molar-refractivity contribution in [2.24, 2.45) is 0 Å². The summed E-state index contributed by atoms with van der Waals surface area (Å²) in [6.45, 7) is 0.540. The van der Waals surface area contributed by atoms with Crippen LogP contribution < -0.4 is 10.6 Å². The number of carbonyl (C=O) groups is 1. The van der Waals surface area contributed by atoms with Crippen LogP contribution in [0.1, 0.15) is 21.5 Å². The first kappa shape index (κ1) is 18.4. The molecule has 27 heavy (non-hydrogen) atoms. The number of halogens is 3. The molecule has 5 nitrogen and oxygen atoms in total. The molecular formula is C19H15F3N4O. The molecule has 1 heterocycles. The Labute approximate surface area is 153 Å². The Hall–Kier alpha value is -3.42. The van der Waals surface area contributed by atoms with Gasteiger partial charge in [-0.25, -0.2) is 9.97 Å². The Balaban J connectivity index is 1.58. The van der Waals surface area contributed by atoms with E-state index in [0.29, 0.717) is 12.5 Å². The minimum Gasteiger partial charge on any atom is -0.350 e. The van der Waals surface area contributed by atoms with Gasteiger partial charge in [0, 0.05) is 24.6 Å². The Bertz CT molecular complexity index is 895. The standard InChI is InChI=1S/C19H15F3N4O/c20-19(21,22)15-6-8-16(9-7-15)26-17(27)14-11-24-18(25-12-14)23-10-13-4-2-1-3-5-13/h1-9,11-12H,10H2,(H,26,27)(H,23,24,25). The average Bonchev–Trinajstić information content (AvgIpc) is 2.67. The quantitative estimate of drug-likeness (QED) is 0.698. The molecule has 0 fully saturated rings. The van der Waals surface area contributed by atoms with Crippen LogP contribution in [0, 0.1) is 0 Å². The van der Waals surface area contributed by atoms with E-state index < -0.39 is 17.6 Å².